The van der Waals surface area contributed by atoms with Crippen LogP contribution >= 0.6 is 0 Å². The van der Waals surface area contributed by atoms with Gasteiger partial charge in [0.2, 0.25) is 6.29 Å². The molecule has 0 saturated carbocycles. The zero-order valence-corrected chi connectivity index (χ0v) is 7.96. The third-order valence-electron chi connectivity index (χ3n) is 3.35. The maximum Gasteiger partial charge on any atom is 0.206 e. The standard InChI is InChI=1S/C10H12O5/c11-2-5-3-14-9(13)8-6(5)1-7(12)10(8)4-15-10/h1,3,7-9,11-13H,2,4H2. The number of hydrogen-bond acceptors (Lipinski definition) is 5. The van der Waals surface area contributed by atoms with Crippen molar-refractivity contribution in [2.45, 2.75) is 18.0 Å². The summed E-state index contributed by atoms with van der Waals surface area (Å²) in [7, 11) is 0. The second-order valence-electron chi connectivity index (χ2n) is 4.12. The fourth-order valence-corrected chi connectivity index (χ4v) is 2.42. The van der Waals surface area contributed by atoms with Gasteiger partial charge in [0, 0.05) is 5.57 Å². The fraction of sp³-hybridized carbons (Fsp3) is 0.600. The van der Waals surface area contributed by atoms with Gasteiger partial charge >= 0.3 is 0 Å². The van der Waals surface area contributed by atoms with Crippen LogP contribution in [0.15, 0.2) is 23.5 Å². The van der Waals surface area contributed by atoms with Crippen molar-refractivity contribution in [1.29, 1.82) is 0 Å². The predicted molar refractivity (Wildman–Crippen MR) is 48.5 cm³/mol. The Kier molecular flexibility index (Phi) is 1.76. The van der Waals surface area contributed by atoms with Crippen LogP contribution in [0.1, 0.15) is 0 Å². The summed E-state index contributed by atoms with van der Waals surface area (Å²) in [5, 5.41) is 28.6. The highest BCUT2D eigenvalue weighted by molar-refractivity contribution is 5.45. The van der Waals surface area contributed by atoms with Crippen LogP contribution in [0.4, 0.5) is 0 Å². The molecule has 3 N–H and O–H groups in total. The second kappa shape index (κ2) is 2.82. The summed E-state index contributed by atoms with van der Waals surface area (Å²) in [6.07, 6.45) is 1.22. The minimum atomic E-state index is -1.01. The summed E-state index contributed by atoms with van der Waals surface area (Å²) in [4.78, 5) is 0. The number of hydrogen-bond donors (Lipinski definition) is 3. The number of ether oxygens (including phenoxy) is 2. The summed E-state index contributed by atoms with van der Waals surface area (Å²) in [5.41, 5.74) is 0.613. The molecule has 0 aromatic heterocycles. The van der Waals surface area contributed by atoms with Crippen LogP contribution in [0.25, 0.3) is 0 Å². The van der Waals surface area contributed by atoms with E-state index < -0.39 is 18.0 Å². The largest absolute Gasteiger partial charge is 0.472 e. The maximum absolute atomic E-state index is 9.80. The lowest BCUT2D eigenvalue weighted by molar-refractivity contribution is -0.113. The summed E-state index contributed by atoms with van der Waals surface area (Å²) in [5.74, 6) is -0.389. The maximum atomic E-state index is 9.80. The lowest BCUT2D eigenvalue weighted by Gasteiger charge is -2.30. The van der Waals surface area contributed by atoms with Crippen molar-refractivity contribution in [2.75, 3.05) is 13.2 Å². The van der Waals surface area contributed by atoms with E-state index in [-0.39, 0.29) is 12.5 Å². The number of aliphatic hydroxyl groups excluding tert-OH is 3. The van der Waals surface area contributed by atoms with Gasteiger partial charge in [0.25, 0.3) is 0 Å². The highest BCUT2D eigenvalue weighted by Crippen LogP contribution is 2.52. The van der Waals surface area contributed by atoms with Gasteiger partial charge in [-0.25, -0.2) is 0 Å². The lowest BCUT2D eigenvalue weighted by atomic mass is 9.86. The number of fused-ring (bicyclic) bond motifs is 2. The topological polar surface area (TPSA) is 82.5 Å². The molecule has 5 nitrogen and oxygen atoms in total. The Morgan fingerprint density at radius 1 is 1.47 bits per heavy atom. The molecule has 5 heteroatoms. The highest BCUT2D eigenvalue weighted by Gasteiger charge is 2.64. The summed E-state index contributed by atoms with van der Waals surface area (Å²) >= 11 is 0. The Bertz CT molecular complexity index is 355. The van der Waals surface area contributed by atoms with Crippen LogP contribution < -0.4 is 0 Å². The highest BCUT2D eigenvalue weighted by atomic mass is 16.6. The molecule has 1 spiro atoms. The van der Waals surface area contributed by atoms with Crippen molar-refractivity contribution in [2.24, 2.45) is 5.92 Å². The van der Waals surface area contributed by atoms with E-state index in [1.165, 1.54) is 6.26 Å². The molecule has 1 aliphatic carbocycles. The minimum absolute atomic E-state index is 0.169. The van der Waals surface area contributed by atoms with Gasteiger partial charge in [-0.1, -0.05) is 0 Å². The first-order chi connectivity index (χ1) is 7.19. The normalized spacial score (nSPS) is 47.0. The number of epoxide rings is 1. The quantitative estimate of drug-likeness (QED) is 0.480. The summed E-state index contributed by atoms with van der Waals surface area (Å²) in [6, 6.07) is 0. The van der Waals surface area contributed by atoms with Crippen LogP contribution in [-0.2, 0) is 9.47 Å². The summed E-state index contributed by atoms with van der Waals surface area (Å²) < 4.78 is 10.3. The van der Waals surface area contributed by atoms with Crippen molar-refractivity contribution in [1.82, 2.24) is 0 Å². The number of aliphatic hydroxyl groups is 3. The molecule has 0 amide bonds. The van der Waals surface area contributed by atoms with Crippen LogP contribution in [0.2, 0.25) is 0 Å². The zero-order chi connectivity index (χ0) is 10.6. The molecule has 1 fully saturated rings. The van der Waals surface area contributed by atoms with Gasteiger partial charge in [0.1, 0.15) is 11.7 Å². The van der Waals surface area contributed by atoms with Gasteiger partial charge in [-0.3, -0.25) is 0 Å². The molecule has 15 heavy (non-hydrogen) atoms. The van der Waals surface area contributed by atoms with Crippen molar-refractivity contribution in [3.05, 3.63) is 23.5 Å². The Labute approximate surface area is 86.2 Å². The van der Waals surface area contributed by atoms with Gasteiger partial charge in [0.05, 0.1) is 25.4 Å². The molecule has 0 radical (unpaired) electrons. The van der Waals surface area contributed by atoms with Gasteiger partial charge in [-0.15, -0.1) is 0 Å². The van der Waals surface area contributed by atoms with E-state index in [4.69, 9.17) is 14.6 Å². The molecular weight excluding hydrogens is 200 g/mol. The van der Waals surface area contributed by atoms with E-state index in [9.17, 15) is 10.2 Å². The Morgan fingerprint density at radius 3 is 2.80 bits per heavy atom. The first-order valence-electron chi connectivity index (χ1n) is 4.86. The predicted octanol–water partition coefficient (Wildman–Crippen LogP) is -1.10. The third-order valence-corrected chi connectivity index (χ3v) is 3.35. The van der Waals surface area contributed by atoms with E-state index in [2.05, 4.69) is 0 Å². The second-order valence-corrected chi connectivity index (χ2v) is 4.12. The molecule has 2 aliphatic heterocycles. The SMILES string of the molecule is OCC1=COC(O)C2C1=CC(O)C21CO1. The zero-order valence-electron chi connectivity index (χ0n) is 7.96. The van der Waals surface area contributed by atoms with E-state index in [1.807, 2.05) is 0 Å². The Hall–Kier alpha value is -0.880. The molecule has 4 atom stereocenters. The fourth-order valence-electron chi connectivity index (χ4n) is 2.42. The van der Waals surface area contributed by atoms with Crippen molar-refractivity contribution in [3.8, 4) is 0 Å². The van der Waals surface area contributed by atoms with Gasteiger partial charge < -0.3 is 24.8 Å². The average molecular weight is 212 g/mol. The van der Waals surface area contributed by atoms with E-state index >= 15 is 0 Å². The van der Waals surface area contributed by atoms with Gasteiger partial charge in [-0.05, 0) is 11.6 Å². The van der Waals surface area contributed by atoms with Crippen molar-refractivity contribution in [3.63, 3.8) is 0 Å². The van der Waals surface area contributed by atoms with Gasteiger partial charge in [0.15, 0.2) is 0 Å². The Morgan fingerprint density at radius 2 is 2.20 bits per heavy atom. The van der Waals surface area contributed by atoms with Crippen molar-refractivity contribution < 1.29 is 24.8 Å². The minimum Gasteiger partial charge on any atom is -0.472 e. The number of rotatable bonds is 1. The molecule has 0 aromatic carbocycles. The molecule has 82 valence electrons. The molecule has 2 heterocycles. The molecule has 1 saturated heterocycles. The van der Waals surface area contributed by atoms with E-state index in [0.29, 0.717) is 12.2 Å². The van der Waals surface area contributed by atoms with Gasteiger partial charge in [-0.2, -0.15) is 0 Å². The lowest BCUT2D eigenvalue weighted by Crippen LogP contribution is -2.41. The molecule has 0 aromatic rings. The Balaban J connectivity index is 2.02. The molecule has 3 aliphatic rings. The van der Waals surface area contributed by atoms with Crippen LogP contribution in [0, 0.1) is 5.92 Å². The monoisotopic (exact) mass is 212 g/mol. The molecule has 3 rings (SSSR count). The average Bonchev–Trinajstić information content (AvgIpc) is 2.93. The molecular formula is C10H12O5. The smallest absolute Gasteiger partial charge is 0.206 e. The van der Waals surface area contributed by atoms with Crippen LogP contribution in [0.3, 0.4) is 0 Å². The molecule has 4 unspecified atom stereocenters. The van der Waals surface area contributed by atoms with E-state index in [1.54, 1.807) is 6.08 Å². The third kappa shape index (κ3) is 1.06. The summed E-state index contributed by atoms with van der Waals surface area (Å²) in [6.45, 7) is 0.246. The molecule has 0 bridgehead atoms. The van der Waals surface area contributed by atoms with Crippen molar-refractivity contribution >= 4 is 0 Å². The van der Waals surface area contributed by atoms with Crippen LogP contribution in [0.5, 0.6) is 0 Å². The van der Waals surface area contributed by atoms with Crippen LogP contribution in [-0.4, -0.2) is 46.5 Å². The first kappa shape index (κ1) is 9.35. The first-order valence-corrected chi connectivity index (χ1v) is 4.86. The van der Waals surface area contributed by atoms with E-state index in [0.717, 1.165) is 5.57 Å².